The van der Waals surface area contributed by atoms with Crippen LogP contribution in [0, 0.1) is 5.82 Å². The number of amides is 1. The second-order valence-electron chi connectivity index (χ2n) is 6.42. The van der Waals surface area contributed by atoms with Crippen LogP contribution in [0.3, 0.4) is 0 Å². The van der Waals surface area contributed by atoms with Crippen molar-refractivity contribution in [3.63, 3.8) is 0 Å². The Balaban J connectivity index is 1.81. The van der Waals surface area contributed by atoms with Gasteiger partial charge in [-0.1, -0.05) is 18.2 Å². The van der Waals surface area contributed by atoms with Gasteiger partial charge in [-0.25, -0.2) is 12.8 Å². The van der Waals surface area contributed by atoms with Gasteiger partial charge in [0.1, 0.15) is 18.1 Å². The van der Waals surface area contributed by atoms with E-state index in [0.29, 0.717) is 0 Å². The number of para-hydroxylation sites is 1. The topological polar surface area (TPSA) is 75.7 Å². The Labute approximate surface area is 181 Å². The van der Waals surface area contributed by atoms with Gasteiger partial charge >= 0.3 is 6.36 Å². The van der Waals surface area contributed by atoms with E-state index in [9.17, 15) is 30.8 Å². The van der Waals surface area contributed by atoms with Crippen LogP contribution >= 0.6 is 0 Å². The highest BCUT2D eigenvalue weighted by Gasteiger charge is 2.31. The van der Waals surface area contributed by atoms with Gasteiger partial charge in [0.05, 0.1) is 10.6 Å². The molecule has 0 aliphatic heterocycles. The van der Waals surface area contributed by atoms with Gasteiger partial charge in [0, 0.05) is 5.69 Å². The van der Waals surface area contributed by atoms with Crippen LogP contribution in [0.15, 0.2) is 83.8 Å². The summed E-state index contributed by atoms with van der Waals surface area (Å²) in [7, 11) is -4.22. The summed E-state index contributed by atoms with van der Waals surface area (Å²) in [5, 5.41) is 2.42. The van der Waals surface area contributed by atoms with Crippen LogP contribution in [0.5, 0.6) is 5.75 Å². The number of benzene rings is 3. The summed E-state index contributed by atoms with van der Waals surface area (Å²) >= 11 is 0. The molecule has 1 N–H and O–H groups in total. The summed E-state index contributed by atoms with van der Waals surface area (Å²) in [6.07, 6.45) is -4.85. The van der Waals surface area contributed by atoms with E-state index >= 15 is 0 Å². The van der Waals surface area contributed by atoms with Crippen LogP contribution in [-0.4, -0.2) is 27.2 Å². The molecule has 6 nitrogen and oxygen atoms in total. The zero-order valence-electron chi connectivity index (χ0n) is 16.2. The van der Waals surface area contributed by atoms with Gasteiger partial charge in [0.25, 0.3) is 10.0 Å². The summed E-state index contributed by atoms with van der Waals surface area (Å²) in [5.74, 6) is -1.84. The highest BCUT2D eigenvalue weighted by molar-refractivity contribution is 7.92. The lowest BCUT2D eigenvalue weighted by molar-refractivity contribution is -0.274. The number of halogens is 4. The van der Waals surface area contributed by atoms with E-state index in [-0.39, 0.29) is 16.3 Å². The first-order chi connectivity index (χ1) is 15.0. The van der Waals surface area contributed by atoms with Crippen molar-refractivity contribution in [3.05, 3.63) is 84.7 Å². The van der Waals surface area contributed by atoms with Crippen LogP contribution in [-0.2, 0) is 14.8 Å². The third-order valence-electron chi connectivity index (χ3n) is 4.10. The first kappa shape index (κ1) is 23.1. The zero-order valence-corrected chi connectivity index (χ0v) is 17.0. The Bertz CT molecular complexity index is 1170. The first-order valence-electron chi connectivity index (χ1n) is 9.04. The van der Waals surface area contributed by atoms with Crippen molar-refractivity contribution >= 4 is 27.3 Å². The second-order valence-corrected chi connectivity index (χ2v) is 8.28. The van der Waals surface area contributed by atoms with Crippen molar-refractivity contribution in [2.75, 3.05) is 16.2 Å². The Morgan fingerprint density at radius 3 is 2.06 bits per heavy atom. The van der Waals surface area contributed by atoms with Gasteiger partial charge in [-0.3, -0.25) is 9.10 Å². The number of hydrogen-bond acceptors (Lipinski definition) is 4. The molecule has 0 saturated heterocycles. The third kappa shape index (κ3) is 5.97. The molecule has 32 heavy (non-hydrogen) atoms. The van der Waals surface area contributed by atoms with Crippen molar-refractivity contribution in [2.45, 2.75) is 11.3 Å². The Morgan fingerprint density at radius 2 is 1.50 bits per heavy atom. The number of rotatable bonds is 7. The van der Waals surface area contributed by atoms with Crippen molar-refractivity contribution < 1.29 is 35.5 Å². The maximum atomic E-state index is 13.2. The number of carbonyl (C=O) groups is 1. The molecule has 3 aromatic carbocycles. The zero-order chi connectivity index (χ0) is 23.4. The number of alkyl halides is 3. The van der Waals surface area contributed by atoms with Gasteiger partial charge in [0.15, 0.2) is 0 Å². The first-order valence-corrected chi connectivity index (χ1v) is 10.5. The van der Waals surface area contributed by atoms with Crippen molar-refractivity contribution in [2.24, 2.45) is 0 Å². The fraction of sp³-hybridized carbons (Fsp3) is 0.0952. The molecule has 0 atom stereocenters. The number of nitrogens with zero attached hydrogens (tertiary/aromatic N) is 1. The van der Waals surface area contributed by atoms with Gasteiger partial charge in [0.2, 0.25) is 5.91 Å². The average molecular weight is 468 g/mol. The maximum Gasteiger partial charge on any atom is 0.573 e. The summed E-state index contributed by atoms with van der Waals surface area (Å²) in [6, 6.07) is 16.3. The molecule has 0 aromatic heterocycles. The molecule has 0 fully saturated rings. The minimum atomic E-state index is -4.85. The summed E-state index contributed by atoms with van der Waals surface area (Å²) in [6.45, 7) is -0.634. The van der Waals surface area contributed by atoms with E-state index in [4.69, 9.17) is 0 Å². The number of ether oxygens (including phenoxy) is 1. The van der Waals surface area contributed by atoms with Crippen LogP contribution in [0.2, 0.25) is 0 Å². The lowest BCUT2D eigenvalue weighted by atomic mass is 10.3. The van der Waals surface area contributed by atoms with Gasteiger partial charge in [-0.15, -0.1) is 13.2 Å². The maximum absolute atomic E-state index is 13.2. The van der Waals surface area contributed by atoms with Gasteiger partial charge in [-0.05, 0) is 60.7 Å². The van der Waals surface area contributed by atoms with E-state index in [1.165, 1.54) is 24.3 Å². The number of anilines is 2. The fourth-order valence-electron chi connectivity index (χ4n) is 2.71. The highest BCUT2D eigenvalue weighted by atomic mass is 32.2. The van der Waals surface area contributed by atoms with Crippen LogP contribution < -0.4 is 14.4 Å². The minimum absolute atomic E-state index is 0.136. The van der Waals surface area contributed by atoms with Crippen LogP contribution in [0.4, 0.5) is 28.9 Å². The molecule has 0 saturated carbocycles. The summed E-state index contributed by atoms with van der Waals surface area (Å²) < 4.78 is 80.8. The normalized spacial score (nSPS) is 11.6. The molecule has 0 bridgehead atoms. The summed E-state index contributed by atoms with van der Waals surface area (Å²) in [5.41, 5.74) is 0.331. The van der Waals surface area contributed by atoms with E-state index < -0.39 is 40.4 Å². The minimum Gasteiger partial charge on any atom is -0.406 e. The monoisotopic (exact) mass is 468 g/mol. The Morgan fingerprint density at radius 1 is 0.906 bits per heavy atom. The van der Waals surface area contributed by atoms with Gasteiger partial charge < -0.3 is 10.1 Å². The lowest BCUT2D eigenvalue weighted by Crippen LogP contribution is -2.38. The van der Waals surface area contributed by atoms with E-state index in [1.54, 1.807) is 18.2 Å². The molecular formula is C21H16F4N2O4S. The predicted molar refractivity (Wildman–Crippen MR) is 109 cm³/mol. The van der Waals surface area contributed by atoms with E-state index in [0.717, 1.165) is 40.7 Å². The van der Waals surface area contributed by atoms with E-state index in [2.05, 4.69) is 10.1 Å². The van der Waals surface area contributed by atoms with Crippen LogP contribution in [0.1, 0.15) is 0 Å². The number of hydrogen-bond donors (Lipinski definition) is 1. The Hall–Kier alpha value is -3.60. The van der Waals surface area contributed by atoms with Crippen molar-refractivity contribution in [1.82, 2.24) is 0 Å². The molecule has 0 spiro atoms. The van der Waals surface area contributed by atoms with E-state index in [1.807, 2.05) is 0 Å². The van der Waals surface area contributed by atoms with Crippen molar-refractivity contribution in [3.8, 4) is 5.75 Å². The Kier molecular flexibility index (Phi) is 6.68. The molecule has 0 aliphatic carbocycles. The molecule has 0 heterocycles. The predicted octanol–water partition coefficient (Wildman–Crippen LogP) is 4.56. The molecule has 0 aliphatic rings. The number of nitrogens with one attached hydrogen (secondary N) is 1. The molecule has 0 radical (unpaired) electrons. The molecule has 3 aromatic rings. The van der Waals surface area contributed by atoms with Gasteiger partial charge in [-0.2, -0.15) is 0 Å². The standard InChI is InChI=1S/C21H16F4N2O4S/c22-15-6-12-19(13-7-15)32(29,30)27(17-4-2-1-3-5-17)14-20(28)26-16-8-10-18(11-9-16)31-21(23,24)25/h1-13H,14H2,(H,26,28). The van der Waals surface area contributed by atoms with Crippen LogP contribution in [0.25, 0.3) is 0 Å². The third-order valence-corrected chi connectivity index (χ3v) is 5.89. The number of carbonyl (C=O) groups excluding carboxylic acids is 1. The fourth-order valence-corrected chi connectivity index (χ4v) is 4.13. The molecule has 11 heteroatoms. The largest absolute Gasteiger partial charge is 0.573 e. The molecular weight excluding hydrogens is 452 g/mol. The molecule has 1 amide bonds. The smallest absolute Gasteiger partial charge is 0.406 e. The molecule has 168 valence electrons. The molecule has 0 unspecified atom stereocenters. The quantitative estimate of drug-likeness (QED) is 0.516. The highest BCUT2D eigenvalue weighted by Crippen LogP contribution is 2.25. The van der Waals surface area contributed by atoms with Crippen molar-refractivity contribution in [1.29, 1.82) is 0 Å². The number of sulfonamides is 1. The second kappa shape index (κ2) is 9.27. The molecule has 3 rings (SSSR count). The lowest BCUT2D eigenvalue weighted by Gasteiger charge is -2.24. The summed E-state index contributed by atoms with van der Waals surface area (Å²) in [4.78, 5) is 12.3. The average Bonchev–Trinajstić information content (AvgIpc) is 2.73. The SMILES string of the molecule is O=C(CN(c1ccccc1)S(=O)(=O)c1ccc(F)cc1)Nc1ccc(OC(F)(F)F)cc1.